The van der Waals surface area contributed by atoms with E-state index in [1.807, 2.05) is 0 Å². The van der Waals surface area contributed by atoms with E-state index in [0.717, 1.165) is 4.90 Å². The van der Waals surface area contributed by atoms with E-state index in [9.17, 15) is 19.2 Å². The highest BCUT2D eigenvalue weighted by Gasteiger charge is 2.38. The first-order chi connectivity index (χ1) is 16.8. The number of anilines is 1. The molecule has 3 aromatic carbocycles. The second-order valence-corrected chi connectivity index (χ2v) is 8.04. The second-order valence-electron chi connectivity index (χ2n) is 7.64. The van der Waals surface area contributed by atoms with Gasteiger partial charge >= 0.3 is 5.97 Å². The summed E-state index contributed by atoms with van der Waals surface area (Å²) >= 11 is 6.17. The van der Waals surface area contributed by atoms with E-state index < -0.39 is 29.7 Å². The number of ether oxygens (including phenoxy) is 3. The van der Waals surface area contributed by atoms with Crippen LogP contribution in [-0.2, 0) is 4.74 Å². The Labute approximate surface area is 206 Å². The predicted octanol–water partition coefficient (Wildman–Crippen LogP) is 4.59. The van der Waals surface area contributed by atoms with Gasteiger partial charge in [0, 0.05) is 6.07 Å². The molecule has 0 aliphatic carbocycles. The maximum atomic E-state index is 13.0. The second kappa shape index (κ2) is 9.60. The van der Waals surface area contributed by atoms with Crippen molar-refractivity contribution < 1.29 is 33.4 Å². The summed E-state index contributed by atoms with van der Waals surface area (Å²) in [5.74, 6) is -1.68. The first-order valence-corrected chi connectivity index (χ1v) is 10.9. The molecule has 1 atom stereocenters. The van der Waals surface area contributed by atoms with Crippen molar-refractivity contribution in [1.82, 2.24) is 0 Å². The Morgan fingerprint density at radius 3 is 2.29 bits per heavy atom. The van der Waals surface area contributed by atoms with Crippen LogP contribution in [0.3, 0.4) is 0 Å². The Bertz CT molecular complexity index is 1370. The van der Waals surface area contributed by atoms with Gasteiger partial charge in [-0.15, -0.1) is 0 Å². The Balaban J connectivity index is 1.55. The maximum Gasteiger partial charge on any atom is 0.338 e. The lowest BCUT2D eigenvalue weighted by Gasteiger charge is -2.15. The van der Waals surface area contributed by atoms with Crippen molar-refractivity contribution in [3.05, 3.63) is 87.9 Å². The Kier molecular flexibility index (Phi) is 6.57. The number of hydrogen-bond acceptors (Lipinski definition) is 7. The number of hydrogen-bond donors (Lipinski definition) is 0. The lowest BCUT2D eigenvalue weighted by Crippen LogP contribution is -2.29. The zero-order valence-corrected chi connectivity index (χ0v) is 19.8. The van der Waals surface area contributed by atoms with E-state index >= 15 is 0 Å². The van der Waals surface area contributed by atoms with Crippen LogP contribution in [0.4, 0.5) is 5.69 Å². The Morgan fingerprint density at radius 2 is 1.60 bits per heavy atom. The number of benzene rings is 3. The van der Waals surface area contributed by atoms with Crippen molar-refractivity contribution in [2.45, 2.75) is 13.0 Å². The SMILES string of the molecule is COc1ccc(C(=O)[C@@H](C)OC(=O)c2ccc3c(c2)C(=O)N(c2ccccc2Cl)C3=O)c(OC)c1. The van der Waals surface area contributed by atoms with Gasteiger partial charge in [0.2, 0.25) is 5.78 Å². The number of amides is 2. The molecule has 0 bridgehead atoms. The molecule has 1 aliphatic rings. The maximum absolute atomic E-state index is 13.0. The molecule has 0 N–H and O–H groups in total. The fraction of sp³-hybridized carbons (Fsp3) is 0.154. The standard InChI is InChI=1S/C26H20ClNO7/c1-14(23(29)18-11-9-16(33-2)13-22(18)34-3)35-26(32)15-8-10-17-19(12-15)25(31)28(24(17)30)21-7-5-4-6-20(21)27/h4-14H,1-3H3/t14-/m1/s1. The molecule has 4 rings (SSSR count). The number of rotatable bonds is 7. The van der Waals surface area contributed by atoms with Gasteiger partial charge in [-0.05, 0) is 49.4 Å². The number of carbonyl (C=O) groups excluding carboxylic acids is 4. The number of halogens is 1. The largest absolute Gasteiger partial charge is 0.497 e. The van der Waals surface area contributed by atoms with Crippen LogP contribution < -0.4 is 14.4 Å². The van der Waals surface area contributed by atoms with Gasteiger partial charge in [0.25, 0.3) is 11.8 Å². The average molecular weight is 494 g/mol. The summed E-state index contributed by atoms with van der Waals surface area (Å²) in [6, 6.07) is 15.2. The van der Waals surface area contributed by atoms with Crippen LogP contribution in [0.2, 0.25) is 5.02 Å². The summed E-state index contributed by atoms with van der Waals surface area (Å²) in [5, 5.41) is 0.239. The summed E-state index contributed by atoms with van der Waals surface area (Å²) in [7, 11) is 2.90. The molecule has 178 valence electrons. The third-order valence-corrected chi connectivity index (χ3v) is 5.86. The van der Waals surface area contributed by atoms with Gasteiger partial charge in [0.15, 0.2) is 6.10 Å². The van der Waals surface area contributed by atoms with E-state index in [1.54, 1.807) is 36.4 Å². The molecule has 0 saturated carbocycles. The molecule has 2 amide bonds. The van der Waals surface area contributed by atoms with Gasteiger partial charge in [-0.2, -0.15) is 0 Å². The number of fused-ring (bicyclic) bond motifs is 1. The molecule has 0 spiro atoms. The molecule has 8 nitrogen and oxygen atoms in total. The molecule has 0 saturated heterocycles. The topological polar surface area (TPSA) is 99.2 Å². The quantitative estimate of drug-likeness (QED) is 0.270. The Morgan fingerprint density at radius 1 is 0.886 bits per heavy atom. The molecule has 3 aromatic rings. The zero-order chi connectivity index (χ0) is 25.3. The number of methoxy groups -OCH3 is 2. The number of ketones is 1. The molecule has 9 heteroatoms. The van der Waals surface area contributed by atoms with Gasteiger partial charge in [0.05, 0.1) is 47.2 Å². The van der Waals surface area contributed by atoms with Crippen LogP contribution >= 0.6 is 11.6 Å². The van der Waals surface area contributed by atoms with Crippen molar-refractivity contribution in [2.24, 2.45) is 0 Å². The molecule has 0 aromatic heterocycles. The van der Waals surface area contributed by atoms with Crippen LogP contribution in [0.1, 0.15) is 48.4 Å². The fourth-order valence-corrected chi connectivity index (χ4v) is 3.94. The first kappa shape index (κ1) is 24.0. The summed E-state index contributed by atoms with van der Waals surface area (Å²) in [6.07, 6.45) is -1.14. The number of Topliss-reactive ketones (excluding diaryl/α,β-unsaturated/α-hetero) is 1. The monoisotopic (exact) mass is 493 g/mol. The van der Waals surface area contributed by atoms with Gasteiger partial charge in [0.1, 0.15) is 11.5 Å². The van der Waals surface area contributed by atoms with Crippen LogP contribution in [-0.4, -0.2) is 43.9 Å². The summed E-state index contributed by atoms with van der Waals surface area (Å²) < 4.78 is 15.7. The third kappa shape index (κ3) is 4.36. The van der Waals surface area contributed by atoms with Crippen molar-refractivity contribution in [3.63, 3.8) is 0 Å². The highest BCUT2D eigenvalue weighted by molar-refractivity contribution is 6.39. The molecular formula is C26H20ClNO7. The molecule has 0 fully saturated rings. The summed E-state index contributed by atoms with van der Waals surface area (Å²) in [4.78, 5) is 52.5. The highest BCUT2D eigenvalue weighted by atomic mass is 35.5. The van der Waals surface area contributed by atoms with E-state index in [2.05, 4.69) is 0 Å². The van der Waals surface area contributed by atoms with Crippen LogP contribution in [0.5, 0.6) is 11.5 Å². The minimum atomic E-state index is -1.14. The van der Waals surface area contributed by atoms with Gasteiger partial charge in [-0.25, -0.2) is 9.69 Å². The van der Waals surface area contributed by atoms with E-state index in [4.69, 9.17) is 25.8 Å². The summed E-state index contributed by atoms with van der Waals surface area (Å²) in [5.41, 5.74) is 0.668. The molecular weight excluding hydrogens is 474 g/mol. The third-order valence-electron chi connectivity index (χ3n) is 5.54. The zero-order valence-electron chi connectivity index (χ0n) is 19.0. The van der Waals surface area contributed by atoms with Gasteiger partial charge in [-0.1, -0.05) is 23.7 Å². The molecule has 0 unspecified atom stereocenters. The van der Waals surface area contributed by atoms with Crippen LogP contribution in [0.15, 0.2) is 60.7 Å². The predicted molar refractivity (Wildman–Crippen MR) is 128 cm³/mol. The minimum Gasteiger partial charge on any atom is -0.497 e. The smallest absolute Gasteiger partial charge is 0.338 e. The number of nitrogens with zero attached hydrogens (tertiary/aromatic N) is 1. The van der Waals surface area contributed by atoms with Crippen LogP contribution in [0, 0.1) is 0 Å². The first-order valence-electron chi connectivity index (χ1n) is 10.5. The number of esters is 1. The highest BCUT2D eigenvalue weighted by Crippen LogP contribution is 2.33. The number of para-hydroxylation sites is 1. The van der Waals surface area contributed by atoms with Crippen molar-refractivity contribution >= 4 is 40.9 Å². The molecule has 0 radical (unpaired) electrons. The molecule has 1 aliphatic heterocycles. The van der Waals surface area contributed by atoms with Crippen molar-refractivity contribution in [3.8, 4) is 11.5 Å². The van der Waals surface area contributed by atoms with Crippen LogP contribution in [0.25, 0.3) is 0 Å². The van der Waals surface area contributed by atoms with Gasteiger partial charge < -0.3 is 14.2 Å². The van der Waals surface area contributed by atoms with Crippen molar-refractivity contribution in [1.29, 1.82) is 0 Å². The molecule has 35 heavy (non-hydrogen) atoms. The fourth-order valence-electron chi connectivity index (χ4n) is 3.72. The summed E-state index contributed by atoms with van der Waals surface area (Å²) in [6.45, 7) is 1.44. The van der Waals surface area contributed by atoms with E-state index in [0.29, 0.717) is 5.75 Å². The van der Waals surface area contributed by atoms with E-state index in [1.165, 1.54) is 45.4 Å². The lowest BCUT2D eigenvalue weighted by molar-refractivity contribution is 0.0317. The number of carbonyl (C=O) groups is 4. The minimum absolute atomic E-state index is 0.0206. The normalized spacial score (nSPS) is 13.3. The van der Waals surface area contributed by atoms with Gasteiger partial charge in [-0.3, -0.25) is 14.4 Å². The molecule has 1 heterocycles. The lowest BCUT2D eigenvalue weighted by atomic mass is 10.0. The van der Waals surface area contributed by atoms with Crippen molar-refractivity contribution in [2.75, 3.05) is 19.1 Å². The van der Waals surface area contributed by atoms with E-state index in [-0.39, 0.29) is 38.7 Å². The average Bonchev–Trinajstić information content (AvgIpc) is 3.12. The Hall–Kier alpha value is -4.17. The number of imide groups is 1.